The monoisotopic (exact) mass is 333 g/mol. The molecule has 0 unspecified atom stereocenters. The molecule has 2 heterocycles. The number of nitrogens with zero attached hydrogens (tertiary/aromatic N) is 2. The first kappa shape index (κ1) is 15.9. The van der Waals surface area contributed by atoms with Crippen LogP contribution in [0.5, 0.6) is 0 Å². The SMILES string of the molecule is Cc1ccc(NC(=O)N2CCN(Cc3ccco3)CC2)cc1Cl. The molecule has 122 valence electrons. The summed E-state index contributed by atoms with van der Waals surface area (Å²) < 4.78 is 5.36. The Bertz CT molecular complexity index is 664. The number of carbonyl (C=O) groups excluding carboxylic acids is 1. The van der Waals surface area contributed by atoms with Crippen molar-refractivity contribution >= 4 is 23.3 Å². The van der Waals surface area contributed by atoms with Crippen molar-refractivity contribution in [1.82, 2.24) is 9.80 Å². The van der Waals surface area contributed by atoms with E-state index in [0.717, 1.165) is 36.6 Å². The van der Waals surface area contributed by atoms with Gasteiger partial charge in [-0.2, -0.15) is 0 Å². The van der Waals surface area contributed by atoms with E-state index in [4.69, 9.17) is 16.0 Å². The second kappa shape index (κ2) is 7.06. The Morgan fingerprint density at radius 2 is 2.04 bits per heavy atom. The molecule has 2 aromatic rings. The molecule has 0 atom stereocenters. The summed E-state index contributed by atoms with van der Waals surface area (Å²) in [5.74, 6) is 0.956. The number of carbonyl (C=O) groups is 1. The van der Waals surface area contributed by atoms with Crippen LogP contribution in [0.2, 0.25) is 5.02 Å². The maximum atomic E-state index is 12.3. The highest BCUT2D eigenvalue weighted by molar-refractivity contribution is 6.31. The van der Waals surface area contributed by atoms with Crippen LogP contribution in [0.3, 0.4) is 0 Å². The molecule has 5 nitrogen and oxygen atoms in total. The van der Waals surface area contributed by atoms with E-state index >= 15 is 0 Å². The first-order valence-electron chi connectivity index (χ1n) is 7.68. The minimum absolute atomic E-state index is 0.0810. The summed E-state index contributed by atoms with van der Waals surface area (Å²) in [6, 6.07) is 9.34. The van der Waals surface area contributed by atoms with Crippen LogP contribution in [-0.4, -0.2) is 42.0 Å². The van der Waals surface area contributed by atoms with Crippen molar-refractivity contribution in [2.75, 3.05) is 31.5 Å². The molecular formula is C17H20ClN3O2. The molecule has 0 radical (unpaired) electrons. The van der Waals surface area contributed by atoms with Gasteiger partial charge in [0.25, 0.3) is 0 Å². The molecule has 3 rings (SSSR count). The van der Waals surface area contributed by atoms with Crippen LogP contribution in [0, 0.1) is 6.92 Å². The van der Waals surface area contributed by atoms with Gasteiger partial charge in [0, 0.05) is 36.9 Å². The third kappa shape index (κ3) is 4.06. The van der Waals surface area contributed by atoms with Crippen molar-refractivity contribution in [2.24, 2.45) is 0 Å². The van der Waals surface area contributed by atoms with Crippen molar-refractivity contribution in [1.29, 1.82) is 0 Å². The van der Waals surface area contributed by atoms with Crippen LogP contribution in [-0.2, 0) is 6.54 Å². The zero-order valence-electron chi connectivity index (χ0n) is 13.1. The second-order valence-electron chi connectivity index (χ2n) is 5.74. The lowest BCUT2D eigenvalue weighted by Gasteiger charge is -2.34. The molecule has 1 aliphatic heterocycles. The van der Waals surface area contributed by atoms with Crippen molar-refractivity contribution in [2.45, 2.75) is 13.5 Å². The lowest BCUT2D eigenvalue weighted by Crippen LogP contribution is -2.49. The van der Waals surface area contributed by atoms with Gasteiger partial charge >= 0.3 is 6.03 Å². The summed E-state index contributed by atoms with van der Waals surface area (Å²) in [4.78, 5) is 16.4. The molecule has 1 saturated heterocycles. The molecule has 2 amide bonds. The fourth-order valence-corrected chi connectivity index (χ4v) is 2.79. The second-order valence-corrected chi connectivity index (χ2v) is 6.14. The number of hydrogen-bond acceptors (Lipinski definition) is 3. The van der Waals surface area contributed by atoms with Gasteiger partial charge < -0.3 is 14.6 Å². The third-order valence-corrected chi connectivity index (χ3v) is 4.45. The van der Waals surface area contributed by atoms with Crippen LogP contribution in [0.4, 0.5) is 10.5 Å². The predicted molar refractivity (Wildman–Crippen MR) is 90.8 cm³/mol. The fourth-order valence-electron chi connectivity index (χ4n) is 2.61. The number of aryl methyl sites for hydroxylation is 1. The number of furan rings is 1. The van der Waals surface area contributed by atoms with Crippen LogP contribution >= 0.6 is 11.6 Å². The standard InChI is InChI=1S/C17H20ClN3O2/c1-13-4-5-14(11-16(13)18)19-17(22)21-8-6-20(7-9-21)12-15-3-2-10-23-15/h2-5,10-11H,6-9,12H2,1H3,(H,19,22). The lowest BCUT2D eigenvalue weighted by atomic mass is 10.2. The molecule has 0 aliphatic carbocycles. The van der Waals surface area contributed by atoms with E-state index < -0.39 is 0 Å². The largest absolute Gasteiger partial charge is 0.468 e. The van der Waals surface area contributed by atoms with Crippen LogP contribution in [0.15, 0.2) is 41.0 Å². The minimum atomic E-state index is -0.0810. The molecule has 23 heavy (non-hydrogen) atoms. The van der Waals surface area contributed by atoms with Gasteiger partial charge in [-0.3, -0.25) is 4.90 Å². The van der Waals surface area contributed by atoms with E-state index in [1.54, 1.807) is 12.3 Å². The highest BCUT2D eigenvalue weighted by Crippen LogP contribution is 2.20. The average Bonchev–Trinajstić information content (AvgIpc) is 3.04. The van der Waals surface area contributed by atoms with Crippen LogP contribution < -0.4 is 5.32 Å². The summed E-state index contributed by atoms with van der Waals surface area (Å²) in [5, 5.41) is 3.56. The van der Waals surface area contributed by atoms with Gasteiger partial charge in [-0.1, -0.05) is 17.7 Å². The van der Waals surface area contributed by atoms with Crippen LogP contribution in [0.25, 0.3) is 0 Å². The van der Waals surface area contributed by atoms with Crippen LogP contribution in [0.1, 0.15) is 11.3 Å². The van der Waals surface area contributed by atoms with E-state index in [1.807, 2.05) is 36.1 Å². The van der Waals surface area contributed by atoms with Gasteiger partial charge in [0.1, 0.15) is 5.76 Å². The average molecular weight is 334 g/mol. The number of nitrogens with one attached hydrogen (secondary N) is 1. The Hall–Kier alpha value is -1.98. The molecule has 6 heteroatoms. The van der Waals surface area contributed by atoms with Gasteiger partial charge in [-0.25, -0.2) is 4.79 Å². The Morgan fingerprint density at radius 3 is 2.70 bits per heavy atom. The molecule has 1 aliphatic rings. The van der Waals surface area contributed by atoms with Gasteiger partial charge in [-0.15, -0.1) is 0 Å². The van der Waals surface area contributed by atoms with E-state index in [1.165, 1.54) is 0 Å². The Kier molecular flexibility index (Phi) is 4.88. The first-order valence-corrected chi connectivity index (χ1v) is 8.06. The number of amides is 2. The maximum Gasteiger partial charge on any atom is 0.321 e. The zero-order valence-corrected chi connectivity index (χ0v) is 13.8. The van der Waals surface area contributed by atoms with Crippen molar-refractivity contribution in [3.05, 3.63) is 52.9 Å². The van der Waals surface area contributed by atoms with Crippen molar-refractivity contribution in [3.63, 3.8) is 0 Å². The minimum Gasteiger partial charge on any atom is -0.468 e. The molecule has 0 saturated carbocycles. The highest BCUT2D eigenvalue weighted by Gasteiger charge is 2.21. The predicted octanol–water partition coefficient (Wildman–Crippen LogP) is 3.59. The fraction of sp³-hybridized carbons (Fsp3) is 0.353. The van der Waals surface area contributed by atoms with E-state index in [2.05, 4.69) is 10.2 Å². The summed E-state index contributed by atoms with van der Waals surface area (Å²) in [7, 11) is 0. The quantitative estimate of drug-likeness (QED) is 0.933. The molecule has 1 aromatic carbocycles. The van der Waals surface area contributed by atoms with Crippen molar-refractivity contribution < 1.29 is 9.21 Å². The van der Waals surface area contributed by atoms with E-state index in [-0.39, 0.29) is 6.03 Å². The van der Waals surface area contributed by atoms with Crippen molar-refractivity contribution in [3.8, 4) is 0 Å². The normalized spacial score (nSPS) is 15.7. The summed E-state index contributed by atoms with van der Waals surface area (Å²) >= 11 is 6.09. The molecule has 0 bridgehead atoms. The molecule has 1 N–H and O–H groups in total. The van der Waals surface area contributed by atoms with E-state index in [0.29, 0.717) is 18.1 Å². The lowest BCUT2D eigenvalue weighted by molar-refractivity contribution is 0.137. The number of benzene rings is 1. The smallest absolute Gasteiger partial charge is 0.321 e. The number of hydrogen-bond donors (Lipinski definition) is 1. The van der Waals surface area contributed by atoms with Gasteiger partial charge in [-0.05, 0) is 36.8 Å². The molecule has 1 aromatic heterocycles. The van der Waals surface area contributed by atoms with Gasteiger partial charge in [0.05, 0.1) is 12.8 Å². The topological polar surface area (TPSA) is 48.7 Å². The third-order valence-electron chi connectivity index (χ3n) is 4.04. The molecule has 1 fully saturated rings. The molecule has 0 spiro atoms. The number of anilines is 1. The highest BCUT2D eigenvalue weighted by atomic mass is 35.5. The van der Waals surface area contributed by atoms with Gasteiger partial charge in [0.2, 0.25) is 0 Å². The maximum absolute atomic E-state index is 12.3. The Morgan fingerprint density at radius 1 is 1.26 bits per heavy atom. The zero-order chi connectivity index (χ0) is 16.2. The summed E-state index contributed by atoms with van der Waals surface area (Å²) in [6.07, 6.45) is 1.69. The Balaban J connectivity index is 1.50. The summed E-state index contributed by atoms with van der Waals surface area (Å²) in [5.41, 5.74) is 1.72. The summed E-state index contributed by atoms with van der Waals surface area (Å²) in [6.45, 7) is 5.80. The number of urea groups is 1. The number of piperazine rings is 1. The molecular weight excluding hydrogens is 314 g/mol. The number of rotatable bonds is 3. The number of halogens is 1. The van der Waals surface area contributed by atoms with Gasteiger partial charge in [0.15, 0.2) is 0 Å². The first-order chi connectivity index (χ1) is 11.1. The van der Waals surface area contributed by atoms with E-state index in [9.17, 15) is 4.79 Å². The Labute approximate surface area is 140 Å².